The van der Waals surface area contributed by atoms with E-state index in [0.717, 1.165) is 37.2 Å². The van der Waals surface area contributed by atoms with E-state index in [0.29, 0.717) is 12.3 Å². The fourth-order valence-corrected chi connectivity index (χ4v) is 3.19. The van der Waals surface area contributed by atoms with E-state index in [1.807, 2.05) is 24.6 Å². The van der Waals surface area contributed by atoms with Crippen molar-refractivity contribution in [3.63, 3.8) is 0 Å². The van der Waals surface area contributed by atoms with Crippen molar-refractivity contribution in [1.82, 2.24) is 9.78 Å². The molecule has 1 aliphatic carbocycles. The second-order valence-electron chi connectivity index (χ2n) is 5.70. The highest BCUT2D eigenvalue weighted by Crippen LogP contribution is 2.44. The molecule has 0 aromatic carbocycles. The number of carboxylic acid groups (broad SMARTS) is 1. The summed E-state index contributed by atoms with van der Waals surface area (Å²) in [5, 5.41) is 14.0. The third-order valence-electron chi connectivity index (χ3n) is 4.11. The number of carboxylic acids is 1. The summed E-state index contributed by atoms with van der Waals surface area (Å²) in [4.78, 5) is 11.7. The van der Waals surface area contributed by atoms with Gasteiger partial charge in [0.2, 0.25) is 0 Å². The number of hydrogen-bond acceptors (Lipinski definition) is 2. The predicted molar refractivity (Wildman–Crippen MR) is 69.4 cm³/mol. The lowest BCUT2D eigenvalue weighted by molar-refractivity contribution is -0.148. The molecule has 2 unspecified atom stereocenters. The molecule has 0 amide bonds. The number of aromatic nitrogens is 2. The Bertz CT molecular complexity index is 453. The molecule has 1 fully saturated rings. The predicted octanol–water partition coefficient (Wildman–Crippen LogP) is 2.64. The number of aliphatic carboxylic acids is 1. The number of carbonyl (C=O) groups is 1. The average molecular weight is 250 g/mol. The molecular formula is C14H22N2O2. The highest BCUT2D eigenvalue weighted by molar-refractivity contribution is 5.75. The first-order chi connectivity index (χ1) is 8.47. The Morgan fingerprint density at radius 3 is 2.89 bits per heavy atom. The SMILES string of the molecule is CCn1nc(C)cc1CC1(C(=O)O)CCC(C)C1. The molecule has 0 radical (unpaired) electrons. The maximum atomic E-state index is 11.7. The summed E-state index contributed by atoms with van der Waals surface area (Å²) in [5.74, 6) is -0.131. The van der Waals surface area contributed by atoms with Gasteiger partial charge in [-0.1, -0.05) is 6.92 Å². The lowest BCUT2D eigenvalue weighted by Crippen LogP contribution is -2.31. The van der Waals surface area contributed by atoms with Crippen LogP contribution in [0, 0.1) is 18.3 Å². The minimum atomic E-state index is -0.645. The van der Waals surface area contributed by atoms with Crippen LogP contribution in [0.3, 0.4) is 0 Å². The van der Waals surface area contributed by atoms with Crippen LogP contribution in [0.2, 0.25) is 0 Å². The number of nitrogens with zero attached hydrogens (tertiary/aromatic N) is 2. The molecule has 2 rings (SSSR count). The molecule has 1 N–H and O–H groups in total. The van der Waals surface area contributed by atoms with E-state index in [4.69, 9.17) is 0 Å². The Morgan fingerprint density at radius 2 is 2.39 bits per heavy atom. The van der Waals surface area contributed by atoms with E-state index in [2.05, 4.69) is 12.0 Å². The van der Waals surface area contributed by atoms with Crippen LogP contribution < -0.4 is 0 Å². The van der Waals surface area contributed by atoms with Gasteiger partial charge < -0.3 is 5.11 Å². The molecule has 2 atom stereocenters. The molecule has 4 heteroatoms. The van der Waals surface area contributed by atoms with Crippen molar-refractivity contribution in [2.75, 3.05) is 0 Å². The van der Waals surface area contributed by atoms with Gasteiger partial charge in [-0.25, -0.2) is 0 Å². The van der Waals surface area contributed by atoms with E-state index >= 15 is 0 Å². The van der Waals surface area contributed by atoms with Crippen LogP contribution >= 0.6 is 0 Å². The van der Waals surface area contributed by atoms with Crippen molar-refractivity contribution in [2.45, 2.75) is 53.0 Å². The van der Waals surface area contributed by atoms with Crippen molar-refractivity contribution < 1.29 is 9.90 Å². The fourth-order valence-electron chi connectivity index (χ4n) is 3.19. The zero-order chi connectivity index (χ0) is 13.3. The number of hydrogen-bond donors (Lipinski definition) is 1. The van der Waals surface area contributed by atoms with Gasteiger partial charge in [0.1, 0.15) is 0 Å². The van der Waals surface area contributed by atoms with Crippen LogP contribution in [-0.2, 0) is 17.8 Å². The smallest absolute Gasteiger partial charge is 0.310 e. The second-order valence-corrected chi connectivity index (χ2v) is 5.70. The zero-order valence-corrected chi connectivity index (χ0v) is 11.4. The topological polar surface area (TPSA) is 55.1 Å². The van der Waals surface area contributed by atoms with Gasteiger partial charge in [-0.3, -0.25) is 9.48 Å². The molecule has 1 heterocycles. The van der Waals surface area contributed by atoms with Gasteiger partial charge in [0.15, 0.2) is 0 Å². The maximum Gasteiger partial charge on any atom is 0.310 e. The molecular weight excluding hydrogens is 228 g/mol. The molecule has 100 valence electrons. The normalized spacial score (nSPS) is 27.6. The first-order valence-corrected chi connectivity index (χ1v) is 6.73. The highest BCUT2D eigenvalue weighted by atomic mass is 16.4. The van der Waals surface area contributed by atoms with Gasteiger partial charge in [0.25, 0.3) is 0 Å². The summed E-state index contributed by atoms with van der Waals surface area (Å²) in [6.45, 7) is 6.95. The van der Waals surface area contributed by atoms with E-state index in [1.165, 1.54) is 0 Å². The third-order valence-corrected chi connectivity index (χ3v) is 4.11. The van der Waals surface area contributed by atoms with Crippen LogP contribution in [0.1, 0.15) is 44.5 Å². The van der Waals surface area contributed by atoms with E-state index in [-0.39, 0.29) is 0 Å². The van der Waals surface area contributed by atoms with E-state index in [1.54, 1.807) is 0 Å². The number of rotatable bonds is 4. The van der Waals surface area contributed by atoms with Gasteiger partial charge in [0, 0.05) is 18.7 Å². The summed E-state index contributed by atoms with van der Waals surface area (Å²) in [6.07, 6.45) is 3.21. The second kappa shape index (κ2) is 4.75. The Morgan fingerprint density at radius 1 is 1.67 bits per heavy atom. The van der Waals surface area contributed by atoms with Crippen molar-refractivity contribution in [3.8, 4) is 0 Å². The van der Waals surface area contributed by atoms with Crippen LogP contribution in [0.25, 0.3) is 0 Å². The molecule has 1 aliphatic rings. The molecule has 1 aromatic rings. The summed E-state index contributed by atoms with van der Waals surface area (Å²) in [6, 6.07) is 2.02. The first kappa shape index (κ1) is 13.1. The van der Waals surface area contributed by atoms with Crippen LogP contribution in [-0.4, -0.2) is 20.9 Å². The van der Waals surface area contributed by atoms with Gasteiger partial charge in [-0.2, -0.15) is 5.10 Å². The molecule has 0 aliphatic heterocycles. The Hall–Kier alpha value is -1.32. The van der Waals surface area contributed by atoms with Crippen LogP contribution in [0.15, 0.2) is 6.07 Å². The van der Waals surface area contributed by atoms with Gasteiger partial charge >= 0.3 is 5.97 Å². The summed E-state index contributed by atoms with van der Waals surface area (Å²) < 4.78 is 1.93. The Labute approximate surface area is 108 Å². The molecule has 0 spiro atoms. The summed E-state index contributed by atoms with van der Waals surface area (Å²) >= 11 is 0. The minimum absolute atomic E-state index is 0.514. The van der Waals surface area contributed by atoms with E-state index in [9.17, 15) is 9.90 Å². The Kier molecular flexibility index (Phi) is 3.46. The van der Waals surface area contributed by atoms with Gasteiger partial charge in [0.05, 0.1) is 11.1 Å². The molecule has 1 aromatic heterocycles. The van der Waals surface area contributed by atoms with Crippen molar-refractivity contribution in [2.24, 2.45) is 11.3 Å². The van der Waals surface area contributed by atoms with Crippen LogP contribution in [0.4, 0.5) is 0 Å². The average Bonchev–Trinajstić information content (AvgIpc) is 2.83. The quantitative estimate of drug-likeness (QED) is 0.893. The zero-order valence-electron chi connectivity index (χ0n) is 11.4. The lowest BCUT2D eigenvalue weighted by atomic mass is 9.81. The van der Waals surface area contributed by atoms with E-state index < -0.39 is 11.4 Å². The van der Waals surface area contributed by atoms with Crippen molar-refractivity contribution in [3.05, 3.63) is 17.5 Å². The molecule has 4 nitrogen and oxygen atoms in total. The van der Waals surface area contributed by atoms with Gasteiger partial charge in [-0.15, -0.1) is 0 Å². The largest absolute Gasteiger partial charge is 0.481 e. The standard InChI is InChI=1S/C14H22N2O2/c1-4-16-12(7-11(3)15-16)9-14(13(17)18)6-5-10(2)8-14/h7,10H,4-6,8-9H2,1-3H3,(H,17,18). The molecule has 0 saturated heterocycles. The molecule has 18 heavy (non-hydrogen) atoms. The van der Waals surface area contributed by atoms with Crippen molar-refractivity contribution in [1.29, 1.82) is 0 Å². The van der Waals surface area contributed by atoms with Gasteiger partial charge in [-0.05, 0) is 45.1 Å². The number of aryl methyl sites for hydroxylation is 2. The third kappa shape index (κ3) is 2.28. The summed E-state index contributed by atoms with van der Waals surface area (Å²) in [7, 11) is 0. The van der Waals surface area contributed by atoms with Crippen molar-refractivity contribution >= 4 is 5.97 Å². The Balaban J connectivity index is 2.27. The first-order valence-electron chi connectivity index (χ1n) is 6.73. The maximum absolute atomic E-state index is 11.7. The van der Waals surface area contributed by atoms with Crippen LogP contribution in [0.5, 0.6) is 0 Å². The lowest BCUT2D eigenvalue weighted by Gasteiger charge is -2.24. The monoisotopic (exact) mass is 250 g/mol. The molecule has 1 saturated carbocycles. The fraction of sp³-hybridized carbons (Fsp3) is 0.714. The highest BCUT2D eigenvalue weighted by Gasteiger charge is 2.44. The molecule has 0 bridgehead atoms. The summed E-state index contributed by atoms with van der Waals surface area (Å²) in [5.41, 5.74) is 1.46. The minimum Gasteiger partial charge on any atom is -0.481 e.